The van der Waals surface area contributed by atoms with Crippen LogP contribution in [0.3, 0.4) is 0 Å². The van der Waals surface area contributed by atoms with Gasteiger partial charge in [0, 0.05) is 11.7 Å². The van der Waals surface area contributed by atoms with Crippen LogP contribution in [0.2, 0.25) is 0 Å². The lowest BCUT2D eigenvalue weighted by Gasteiger charge is -2.10. The van der Waals surface area contributed by atoms with E-state index >= 15 is 0 Å². The SMILES string of the molecule is CC(C)Nc1ncc2ncnc(Nc3cccc(F)c3)c2n1. The molecular weight excluding hydrogens is 283 g/mol. The molecule has 2 heterocycles. The van der Waals surface area contributed by atoms with Crippen molar-refractivity contribution in [1.82, 2.24) is 19.9 Å². The predicted octanol–water partition coefficient (Wildman–Crippen LogP) is 3.12. The van der Waals surface area contributed by atoms with Crippen LogP contribution >= 0.6 is 0 Å². The molecule has 7 heteroatoms. The van der Waals surface area contributed by atoms with Crippen LogP contribution in [0.15, 0.2) is 36.8 Å². The third-order valence-corrected chi connectivity index (χ3v) is 2.88. The smallest absolute Gasteiger partial charge is 0.223 e. The maximum atomic E-state index is 13.3. The summed E-state index contributed by atoms with van der Waals surface area (Å²) < 4.78 is 13.3. The highest BCUT2D eigenvalue weighted by atomic mass is 19.1. The Morgan fingerprint density at radius 1 is 1.14 bits per heavy atom. The first-order valence-corrected chi connectivity index (χ1v) is 6.89. The first-order valence-electron chi connectivity index (χ1n) is 6.89. The lowest BCUT2D eigenvalue weighted by atomic mass is 10.3. The molecule has 22 heavy (non-hydrogen) atoms. The average Bonchev–Trinajstić information content (AvgIpc) is 2.47. The van der Waals surface area contributed by atoms with Crippen molar-refractivity contribution in [3.05, 3.63) is 42.6 Å². The molecule has 2 aromatic heterocycles. The first-order chi connectivity index (χ1) is 10.6. The number of hydrogen-bond acceptors (Lipinski definition) is 6. The van der Waals surface area contributed by atoms with E-state index in [1.807, 2.05) is 13.8 Å². The second-order valence-corrected chi connectivity index (χ2v) is 5.08. The molecule has 3 aromatic rings. The number of fused-ring (bicyclic) bond motifs is 1. The zero-order chi connectivity index (χ0) is 15.5. The minimum absolute atomic E-state index is 0.210. The third-order valence-electron chi connectivity index (χ3n) is 2.88. The molecule has 0 saturated heterocycles. The van der Waals surface area contributed by atoms with Gasteiger partial charge in [0.2, 0.25) is 5.95 Å². The molecule has 0 bridgehead atoms. The molecule has 0 radical (unpaired) electrons. The number of halogens is 1. The third kappa shape index (κ3) is 3.08. The van der Waals surface area contributed by atoms with Gasteiger partial charge in [-0.1, -0.05) is 6.07 Å². The van der Waals surface area contributed by atoms with Gasteiger partial charge in [0.15, 0.2) is 5.82 Å². The summed E-state index contributed by atoms with van der Waals surface area (Å²) in [5.74, 6) is 0.685. The molecule has 0 amide bonds. The first kappa shape index (κ1) is 14.1. The highest BCUT2D eigenvalue weighted by molar-refractivity contribution is 5.87. The van der Waals surface area contributed by atoms with E-state index in [4.69, 9.17) is 0 Å². The zero-order valence-electron chi connectivity index (χ0n) is 12.2. The fourth-order valence-electron chi connectivity index (χ4n) is 1.98. The zero-order valence-corrected chi connectivity index (χ0v) is 12.2. The summed E-state index contributed by atoms with van der Waals surface area (Å²) in [5.41, 5.74) is 1.78. The van der Waals surface area contributed by atoms with Crippen molar-refractivity contribution >= 4 is 28.5 Å². The summed E-state index contributed by atoms with van der Waals surface area (Å²) in [6, 6.07) is 6.37. The molecular formula is C15H15FN6. The minimum Gasteiger partial charge on any atom is -0.352 e. The van der Waals surface area contributed by atoms with E-state index < -0.39 is 0 Å². The van der Waals surface area contributed by atoms with E-state index in [0.29, 0.717) is 28.5 Å². The quantitative estimate of drug-likeness (QED) is 0.770. The number of anilines is 3. The number of hydrogen-bond donors (Lipinski definition) is 2. The fraction of sp³-hybridized carbons (Fsp3) is 0.200. The molecule has 0 unspecified atom stereocenters. The monoisotopic (exact) mass is 298 g/mol. The molecule has 3 rings (SSSR count). The molecule has 0 aliphatic carbocycles. The molecule has 0 aliphatic rings. The van der Waals surface area contributed by atoms with Gasteiger partial charge in [0.25, 0.3) is 0 Å². The van der Waals surface area contributed by atoms with E-state index in [1.165, 1.54) is 18.5 Å². The maximum Gasteiger partial charge on any atom is 0.223 e. The van der Waals surface area contributed by atoms with Gasteiger partial charge in [-0.05, 0) is 32.0 Å². The molecule has 0 spiro atoms. The Labute approximate surface area is 126 Å². The molecule has 6 nitrogen and oxygen atoms in total. The normalized spacial score (nSPS) is 10.9. The highest BCUT2D eigenvalue weighted by Gasteiger charge is 2.09. The minimum atomic E-state index is -0.319. The summed E-state index contributed by atoms with van der Waals surface area (Å²) in [5, 5.41) is 6.19. The van der Waals surface area contributed by atoms with Crippen LogP contribution in [-0.4, -0.2) is 26.0 Å². The number of aromatic nitrogens is 4. The number of nitrogens with one attached hydrogen (secondary N) is 2. The Morgan fingerprint density at radius 2 is 2.00 bits per heavy atom. The Balaban J connectivity index is 2.01. The summed E-state index contributed by atoms with van der Waals surface area (Å²) in [6.45, 7) is 4.00. The van der Waals surface area contributed by atoms with Crippen LogP contribution in [0.5, 0.6) is 0 Å². The number of nitrogens with zero attached hydrogens (tertiary/aromatic N) is 4. The van der Waals surface area contributed by atoms with E-state index in [9.17, 15) is 4.39 Å². The van der Waals surface area contributed by atoms with Gasteiger partial charge in [-0.25, -0.2) is 24.3 Å². The Kier molecular flexibility index (Phi) is 3.78. The molecule has 0 atom stereocenters. The van der Waals surface area contributed by atoms with Gasteiger partial charge in [0.05, 0.1) is 6.20 Å². The lowest BCUT2D eigenvalue weighted by molar-refractivity contribution is 0.628. The van der Waals surface area contributed by atoms with Crippen LogP contribution in [0.4, 0.5) is 21.8 Å². The van der Waals surface area contributed by atoms with E-state index in [0.717, 1.165) is 0 Å². The van der Waals surface area contributed by atoms with Gasteiger partial charge < -0.3 is 10.6 Å². The van der Waals surface area contributed by atoms with Crippen molar-refractivity contribution in [2.45, 2.75) is 19.9 Å². The Hall–Kier alpha value is -2.83. The van der Waals surface area contributed by atoms with Crippen molar-refractivity contribution in [3.8, 4) is 0 Å². The summed E-state index contributed by atoms with van der Waals surface area (Å²) >= 11 is 0. The van der Waals surface area contributed by atoms with E-state index in [2.05, 4.69) is 30.6 Å². The predicted molar refractivity (Wildman–Crippen MR) is 83.6 cm³/mol. The van der Waals surface area contributed by atoms with Crippen molar-refractivity contribution < 1.29 is 4.39 Å². The van der Waals surface area contributed by atoms with Crippen molar-refractivity contribution in [2.24, 2.45) is 0 Å². The molecule has 0 saturated carbocycles. The van der Waals surface area contributed by atoms with Gasteiger partial charge >= 0.3 is 0 Å². The van der Waals surface area contributed by atoms with E-state index in [-0.39, 0.29) is 11.9 Å². The standard InChI is InChI=1S/C15H15FN6/c1-9(2)20-15-17-7-12-13(22-15)14(19-8-18-12)21-11-5-3-4-10(16)6-11/h3-9H,1-2H3,(H,17,20,22)(H,18,19,21). The lowest BCUT2D eigenvalue weighted by Crippen LogP contribution is -2.12. The van der Waals surface area contributed by atoms with Crippen LogP contribution in [-0.2, 0) is 0 Å². The van der Waals surface area contributed by atoms with Crippen LogP contribution in [0, 0.1) is 5.82 Å². The maximum absolute atomic E-state index is 13.3. The summed E-state index contributed by atoms with van der Waals surface area (Å²) in [6.07, 6.45) is 3.05. The average molecular weight is 298 g/mol. The fourth-order valence-corrected chi connectivity index (χ4v) is 1.98. The Bertz CT molecular complexity index is 805. The number of rotatable bonds is 4. The van der Waals surface area contributed by atoms with Crippen LogP contribution in [0.1, 0.15) is 13.8 Å². The largest absolute Gasteiger partial charge is 0.352 e. The Morgan fingerprint density at radius 3 is 2.77 bits per heavy atom. The number of benzene rings is 1. The van der Waals surface area contributed by atoms with Crippen LogP contribution in [0.25, 0.3) is 11.0 Å². The second kappa shape index (κ2) is 5.88. The molecule has 2 N–H and O–H groups in total. The van der Waals surface area contributed by atoms with Gasteiger partial charge in [-0.2, -0.15) is 0 Å². The van der Waals surface area contributed by atoms with Crippen molar-refractivity contribution in [1.29, 1.82) is 0 Å². The topological polar surface area (TPSA) is 75.6 Å². The van der Waals surface area contributed by atoms with E-state index in [1.54, 1.807) is 18.3 Å². The van der Waals surface area contributed by atoms with Crippen molar-refractivity contribution in [2.75, 3.05) is 10.6 Å². The van der Waals surface area contributed by atoms with Gasteiger partial charge in [-0.3, -0.25) is 0 Å². The van der Waals surface area contributed by atoms with Gasteiger partial charge in [-0.15, -0.1) is 0 Å². The molecule has 0 fully saturated rings. The van der Waals surface area contributed by atoms with Crippen LogP contribution < -0.4 is 10.6 Å². The molecule has 0 aliphatic heterocycles. The summed E-state index contributed by atoms with van der Waals surface area (Å²) in [7, 11) is 0. The summed E-state index contributed by atoms with van der Waals surface area (Å²) in [4.78, 5) is 17.0. The van der Waals surface area contributed by atoms with Gasteiger partial charge in [0.1, 0.15) is 23.2 Å². The molecule has 112 valence electrons. The second-order valence-electron chi connectivity index (χ2n) is 5.08. The molecule has 1 aromatic carbocycles. The van der Waals surface area contributed by atoms with Crippen molar-refractivity contribution in [3.63, 3.8) is 0 Å². The highest BCUT2D eigenvalue weighted by Crippen LogP contribution is 2.22.